The standard InChI is InChI=1S/C14H25NO3S/c1-10-8-11(12(9-10)14(17)18)13(16)15-6-4-3-5-7-19-2/h10-12H,3-9H2,1-2H3,(H,15,16)(H,17,18). The van der Waals surface area contributed by atoms with Gasteiger partial charge in [0, 0.05) is 6.54 Å². The first-order valence-electron chi connectivity index (χ1n) is 7.05. The van der Waals surface area contributed by atoms with E-state index in [1.165, 1.54) is 6.42 Å². The van der Waals surface area contributed by atoms with E-state index in [1.54, 1.807) is 0 Å². The van der Waals surface area contributed by atoms with Crippen molar-refractivity contribution in [1.29, 1.82) is 0 Å². The molecule has 0 aromatic heterocycles. The van der Waals surface area contributed by atoms with Crippen molar-refractivity contribution in [3.05, 3.63) is 0 Å². The molecule has 0 bridgehead atoms. The second-order valence-electron chi connectivity index (χ2n) is 5.47. The second kappa shape index (κ2) is 8.46. The fourth-order valence-corrected chi connectivity index (χ4v) is 3.24. The molecule has 0 saturated heterocycles. The lowest BCUT2D eigenvalue weighted by molar-refractivity contribution is -0.146. The number of nitrogens with one attached hydrogen (secondary N) is 1. The summed E-state index contributed by atoms with van der Waals surface area (Å²) in [5, 5.41) is 12.0. The zero-order chi connectivity index (χ0) is 14.3. The molecule has 0 aromatic rings. The fraction of sp³-hybridized carbons (Fsp3) is 0.857. The Bertz CT molecular complexity index is 309. The third-order valence-electron chi connectivity index (χ3n) is 3.78. The average molecular weight is 287 g/mol. The van der Waals surface area contributed by atoms with Crippen molar-refractivity contribution in [1.82, 2.24) is 5.32 Å². The molecule has 1 aliphatic rings. The van der Waals surface area contributed by atoms with E-state index in [2.05, 4.69) is 11.6 Å². The number of carboxylic acid groups (broad SMARTS) is 1. The first kappa shape index (κ1) is 16.3. The van der Waals surface area contributed by atoms with E-state index < -0.39 is 11.9 Å². The van der Waals surface area contributed by atoms with Crippen LogP contribution in [-0.2, 0) is 9.59 Å². The number of unbranched alkanes of at least 4 members (excludes halogenated alkanes) is 2. The molecule has 1 fully saturated rings. The van der Waals surface area contributed by atoms with Crippen molar-refractivity contribution in [2.75, 3.05) is 18.6 Å². The smallest absolute Gasteiger partial charge is 0.307 e. The minimum Gasteiger partial charge on any atom is -0.481 e. The predicted octanol–water partition coefficient (Wildman–Crippen LogP) is 2.38. The molecule has 1 rings (SSSR count). The Hall–Kier alpha value is -0.710. The second-order valence-corrected chi connectivity index (χ2v) is 6.46. The fourth-order valence-electron chi connectivity index (χ4n) is 2.75. The van der Waals surface area contributed by atoms with Crippen LogP contribution < -0.4 is 5.32 Å². The summed E-state index contributed by atoms with van der Waals surface area (Å²) in [4.78, 5) is 23.1. The maximum Gasteiger partial charge on any atom is 0.307 e. The summed E-state index contributed by atoms with van der Waals surface area (Å²) in [6, 6.07) is 0. The summed E-state index contributed by atoms with van der Waals surface area (Å²) in [5.74, 6) is -0.232. The zero-order valence-electron chi connectivity index (χ0n) is 11.9. The molecule has 3 atom stereocenters. The van der Waals surface area contributed by atoms with Gasteiger partial charge in [-0.25, -0.2) is 0 Å². The van der Waals surface area contributed by atoms with Gasteiger partial charge < -0.3 is 10.4 Å². The summed E-state index contributed by atoms with van der Waals surface area (Å²) in [5.41, 5.74) is 0. The van der Waals surface area contributed by atoms with E-state index in [-0.39, 0.29) is 11.8 Å². The molecule has 19 heavy (non-hydrogen) atoms. The van der Waals surface area contributed by atoms with E-state index in [1.807, 2.05) is 18.7 Å². The van der Waals surface area contributed by atoms with Crippen LogP contribution in [-0.4, -0.2) is 35.5 Å². The van der Waals surface area contributed by atoms with Gasteiger partial charge in [-0.3, -0.25) is 9.59 Å². The summed E-state index contributed by atoms with van der Waals surface area (Å²) in [6.45, 7) is 2.69. The van der Waals surface area contributed by atoms with Crippen LogP contribution in [0.1, 0.15) is 39.0 Å². The van der Waals surface area contributed by atoms with Crippen molar-refractivity contribution in [2.45, 2.75) is 39.0 Å². The molecule has 0 heterocycles. The van der Waals surface area contributed by atoms with E-state index >= 15 is 0 Å². The highest BCUT2D eigenvalue weighted by atomic mass is 32.2. The molecule has 3 unspecified atom stereocenters. The third kappa shape index (κ3) is 5.43. The summed E-state index contributed by atoms with van der Waals surface area (Å²) in [6.07, 6.45) is 6.69. The molecule has 110 valence electrons. The van der Waals surface area contributed by atoms with Crippen LogP contribution in [0.25, 0.3) is 0 Å². The molecule has 1 saturated carbocycles. The van der Waals surface area contributed by atoms with Gasteiger partial charge in [0.1, 0.15) is 0 Å². The highest BCUT2D eigenvalue weighted by molar-refractivity contribution is 7.98. The van der Waals surface area contributed by atoms with Crippen LogP contribution >= 0.6 is 11.8 Å². The van der Waals surface area contributed by atoms with Gasteiger partial charge in [0.2, 0.25) is 5.91 Å². The van der Waals surface area contributed by atoms with Crippen LogP contribution in [0.4, 0.5) is 0 Å². The van der Waals surface area contributed by atoms with Gasteiger partial charge in [0.25, 0.3) is 0 Å². The number of aliphatic carboxylic acids is 1. The Morgan fingerprint density at radius 2 is 1.89 bits per heavy atom. The Morgan fingerprint density at radius 1 is 1.21 bits per heavy atom. The van der Waals surface area contributed by atoms with E-state index in [4.69, 9.17) is 5.11 Å². The monoisotopic (exact) mass is 287 g/mol. The molecule has 5 heteroatoms. The Balaban J connectivity index is 2.26. The average Bonchev–Trinajstić information content (AvgIpc) is 2.76. The molecule has 1 aliphatic carbocycles. The SMILES string of the molecule is CSCCCCCNC(=O)C1CC(C)CC1C(=O)O. The predicted molar refractivity (Wildman–Crippen MR) is 78.3 cm³/mol. The molecule has 0 aromatic carbocycles. The first-order valence-corrected chi connectivity index (χ1v) is 8.45. The largest absolute Gasteiger partial charge is 0.481 e. The molecular weight excluding hydrogens is 262 g/mol. The lowest BCUT2D eigenvalue weighted by Gasteiger charge is -2.15. The maximum atomic E-state index is 12.0. The van der Waals surface area contributed by atoms with Gasteiger partial charge in [0.15, 0.2) is 0 Å². The lowest BCUT2D eigenvalue weighted by atomic mass is 9.95. The van der Waals surface area contributed by atoms with Crippen molar-refractivity contribution in [3.8, 4) is 0 Å². The normalized spacial score (nSPS) is 26.3. The third-order valence-corrected chi connectivity index (χ3v) is 4.47. The van der Waals surface area contributed by atoms with Crippen LogP contribution in [0.15, 0.2) is 0 Å². The zero-order valence-corrected chi connectivity index (χ0v) is 12.7. The number of rotatable bonds is 8. The number of carbonyl (C=O) groups is 2. The molecule has 0 spiro atoms. The number of carboxylic acids is 1. The number of hydrogen-bond donors (Lipinski definition) is 2. The van der Waals surface area contributed by atoms with Gasteiger partial charge in [-0.15, -0.1) is 0 Å². The molecular formula is C14H25NO3S. The van der Waals surface area contributed by atoms with E-state index in [9.17, 15) is 9.59 Å². The number of hydrogen-bond acceptors (Lipinski definition) is 3. The van der Waals surface area contributed by atoms with Gasteiger partial charge in [-0.05, 0) is 43.6 Å². The van der Waals surface area contributed by atoms with Crippen LogP contribution in [0, 0.1) is 17.8 Å². The van der Waals surface area contributed by atoms with Crippen molar-refractivity contribution in [3.63, 3.8) is 0 Å². The van der Waals surface area contributed by atoms with Gasteiger partial charge in [-0.2, -0.15) is 11.8 Å². The summed E-state index contributed by atoms with van der Waals surface area (Å²) in [7, 11) is 0. The van der Waals surface area contributed by atoms with Crippen LogP contribution in [0.3, 0.4) is 0 Å². The number of amides is 1. The summed E-state index contributed by atoms with van der Waals surface area (Å²) < 4.78 is 0. The Morgan fingerprint density at radius 3 is 2.53 bits per heavy atom. The van der Waals surface area contributed by atoms with Crippen molar-refractivity contribution >= 4 is 23.6 Å². The van der Waals surface area contributed by atoms with Gasteiger partial charge in [0.05, 0.1) is 11.8 Å². The minimum atomic E-state index is -0.829. The first-order chi connectivity index (χ1) is 9.06. The maximum absolute atomic E-state index is 12.0. The Labute approximate surface area is 119 Å². The van der Waals surface area contributed by atoms with Crippen molar-refractivity contribution in [2.24, 2.45) is 17.8 Å². The molecule has 2 N–H and O–H groups in total. The molecule has 4 nitrogen and oxygen atoms in total. The minimum absolute atomic E-state index is 0.0679. The molecule has 1 amide bonds. The van der Waals surface area contributed by atoms with Crippen LogP contribution in [0.2, 0.25) is 0 Å². The topological polar surface area (TPSA) is 66.4 Å². The highest BCUT2D eigenvalue weighted by Crippen LogP contribution is 2.36. The van der Waals surface area contributed by atoms with E-state index in [0.29, 0.717) is 25.3 Å². The van der Waals surface area contributed by atoms with Crippen LogP contribution in [0.5, 0.6) is 0 Å². The molecule has 0 aliphatic heterocycles. The Kier molecular flexibility index (Phi) is 7.28. The van der Waals surface area contributed by atoms with Crippen molar-refractivity contribution < 1.29 is 14.7 Å². The number of carbonyl (C=O) groups excluding carboxylic acids is 1. The van der Waals surface area contributed by atoms with E-state index in [0.717, 1.165) is 18.6 Å². The highest BCUT2D eigenvalue weighted by Gasteiger charge is 2.40. The van der Waals surface area contributed by atoms with Gasteiger partial charge >= 0.3 is 5.97 Å². The lowest BCUT2D eigenvalue weighted by Crippen LogP contribution is -2.35. The summed E-state index contributed by atoms with van der Waals surface area (Å²) >= 11 is 1.84. The quantitative estimate of drug-likeness (QED) is 0.673. The van der Waals surface area contributed by atoms with Gasteiger partial charge in [-0.1, -0.05) is 13.3 Å². The number of thioether (sulfide) groups is 1. The molecule has 0 radical (unpaired) electrons.